The van der Waals surface area contributed by atoms with Crippen LogP contribution >= 0.6 is 22.6 Å². The van der Waals surface area contributed by atoms with Gasteiger partial charge in [-0.05, 0) is 52.9 Å². The van der Waals surface area contributed by atoms with E-state index in [0.717, 1.165) is 0 Å². The molecule has 0 aliphatic heterocycles. The van der Waals surface area contributed by atoms with E-state index in [1.165, 1.54) is 6.07 Å². The normalized spacial score (nSPS) is 10.0. The van der Waals surface area contributed by atoms with Crippen molar-refractivity contribution >= 4 is 34.2 Å². The predicted octanol–water partition coefficient (Wildman–Crippen LogP) is 3.26. The van der Waals surface area contributed by atoms with Crippen molar-refractivity contribution in [1.82, 2.24) is 0 Å². The number of amides is 1. The summed E-state index contributed by atoms with van der Waals surface area (Å²) in [4.78, 5) is 12.1. The van der Waals surface area contributed by atoms with Crippen LogP contribution in [-0.2, 0) is 0 Å². The highest BCUT2D eigenvalue weighted by Crippen LogP contribution is 2.25. The average Bonchev–Trinajstić information content (AvgIpc) is 2.42. The lowest BCUT2D eigenvalue weighted by Crippen LogP contribution is -2.12. The van der Waals surface area contributed by atoms with E-state index in [1.807, 2.05) is 34.7 Å². The van der Waals surface area contributed by atoms with Crippen molar-refractivity contribution in [2.24, 2.45) is 0 Å². The number of hydrogen-bond acceptors (Lipinski definition) is 3. The van der Waals surface area contributed by atoms with Crippen molar-refractivity contribution in [3.05, 3.63) is 51.6 Å². The lowest BCUT2D eigenvalue weighted by atomic mass is 10.2. The minimum atomic E-state index is -0.295. The first-order valence-corrected chi connectivity index (χ1v) is 6.62. The van der Waals surface area contributed by atoms with Gasteiger partial charge in [-0.25, -0.2) is 0 Å². The fourth-order valence-electron chi connectivity index (χ4n) is 1.60. The van der Waals surface area contributed by atoms with E-state index in [0.29, 0.717) is 20.6 Å². The van der Waals surface area contributed by atoms with E-state index in [1.54, 1.807) is 31.4 Å². The summed E-state index contributed by atoms with van der Waals surface area (Å²) >= 11 is 2.00. The number of carbonyl (C=O) groups is 1. The Balaban J connectivity index is 2.23. The molecule has 0 aliphatic rings. The van der Waals surface area contributed by atoms with E-state index in [4.69, 9.17) is 4.74 Å². The zero-order valence-corrected chi connectivity index (χ0v) is 12.3. The molecule has 0 fully saturated rings. The first-order chi connectivity index (χ1) is 9.11. The Hall–Kier alpha value is -1.76. The zero-order valence-electron chi connectivity index (χ0n) is 10.2. The lowest BCUT2D eigenvalue weighted by Gasteiger charge is -2.10. The number of carbonyl (C=O) groups excluding carboxylic acids is 1. The van der Waals surface area contributed by atoms with Crippen LogP contribution in [0.4, 0.5) is 5.69 Å². The van der Waals surface area contributed by atoms with Gasteiger partial charge < -0.3 is 15.2 Å². The van der Waals surface area contributed by atoms with Crippen LogP contribution in [0, 0.1) is 3.57 Å². The summed E-state index contributed by atoms with van der Waals surface area (Å²) in [5.74, 6) is 0.384. The van der Waals surface area contributed by atoms with Crippen molar-refractivity contribution in [3.8, 4) is 11.5 Å². The smallest absolute Gasteiger partial charge is 0.255 e. The van der Waals surface area contributed by atoms with Crippen LogP contribution in [0.1, 0.15) is 10.4 Å². The highest BCUT2D eigenvalue weighted by Gasteiger charge is 2.10. The summed E-state index contributed by atoms with van der Waals surface area (Å²) < 4.78 is 5.86. The van der Waals surface area contributed by atoms with Crippen molar-refractivity contribution in [3.63, 3.8) is 0 Å². The van der Waals surface area contributed by atoms with Crippen LogP contribution in [0.25, 0.3) is 0 Å². The molecule has 0 saturated carbocycles. The molecule has 0 unspecified atom stereocenters. The van der Waals surface area contributed by atoms with Gasteiger partial charge in [0.1, 0.15) is 11.5 Å². The third kappa shape index (κ3) is 3.17. The Morgan fingerprint density at radius 2 is 2.00 bits per heavy atom. The Labute approximate surface area is 124 Å². The summed E-state index contributed by atoms with van der Waals surface area (Å²) in [6.45, 7) is 0. The molecule has 0 bridgehead atoms. The summed E-state index contributed by atoms with van der Waals surface area (Å²) in [7, 11) is 1.54. The molecular weight excluding hydrogens is 357 g/mol. The lowest BCUT2D eigenvalue weighted by molar-refractivity contribution is 0.102. The molecule has 0 heterocycles. The molecule has 1 amide bonds. The van der Waals surface area contributed by atoms with Crippen molar-refractivity contribution in [1.29, 1.82) is 0 Å². The second-order valence-electron chi connectivity index (χ2n) is 3.82. The predicted molar refractivity (Wildman–Crippen MR) is 81.8 cm³/mol. The van der Waals surface area contributed by atoms with Crippen LogP contribution in [-0.4, -0.2) is 18.1 Å². The molecule has 2 aromatic rings. The number of methoxy groups -OCH3 is 1. The number of anilines is 1. The van der Waals surface area contributed by atoms with Gasteiger partial charge in [0, 0.05) is 5.56 Å². The first kappa shape index (κ1) is 13.7. The topological polar surface area (TPSA) is 58.6 Å². The number of rotatable bonds is 3. The molecule has 0 atom stereocenters. The number of para-hydroxylation sites is 2. The minimum Gasteiger partial charge on any atom is -0.507 e. The molecular formula is C14H12INO3. The zero-order chi connectivity index (χ0) is 13.8. The first-order valence-electron chi connectivity index (χ1n) is 5.54. The largest absolute Gasteiger partial charge is 0.507 e. The monoisotopic (exact) mass is 369 g/mol. The number of hydrogen-bond donors (Lipinski definition) is 2. The van der Waals surface area contributed by atoms with E-state index in [-0.39, 0.29) is 11.7 Å². The maximum Gasteiger partial charge on any atom is 0.255 e. The summed E-state index contributed by atoms with van der Waals surface area (Å²) in [6, 6.07) is 11.9. The minimum absolute atomic E-state index is 0.0910. The van der Waals surface area contributed by atoms with E-state index >= 15 is 0 Å². The van der Waals surface area contributed by atoms with Gasteiger partial charge in [0.25, 0.3) is 5.91 Å². The highest BCUT2D eigenvalue weighted by molar-refractivity contribution is 14.1. The van der Waals surface area contributed by atoms with Gasteiger partial charge in [-0.3, -0.25) is 4.79 Å². The molecule has 0 radical (unpaired) electrons. The number of halogens is 1. The van der Waals surface area contributed by atoms with Gasteiger partial charge in [0.05, 0.1) is 16.4 Å². The molecule has 98 valence electrons. The van der Waals surface area contributed by atoms with Gasteiger partial charge >= 0.3 is 0 Å². The molecule has 2 rings (SSSR count). The molecule has 2 N–H and O–H groups in total. The van der Waals surface area contributed by atoms with E-state index in [9.17, 15) is 9.90 Å². The van der Waals surface area contributed by atoms with E-state index in [2.05, 4.69) is 5.32 Å². The fourth-order valence-corrected chi connectivity index (χ4v) is 1.93. The van der Waals surface area contributed by atoms with Crippen LogP contribution in [0.2, 0.25) is 0 Å². The Kier molecular flexibility index (Phi) is 4.26. The second kappa shape index (κ2) is 5.92. The number of phenols is 1. The Morgan fingerprint density at radius 3 is 2.68 bits per heavy atom. The molecule has 0 saturated heterocycles. The quantitative estimate of drug-likeness (QED) is 0.817. The molecule has 0 aromatic heterocycles. The number of ether oxygens (including phenoxy) is 1. The average molecular weight is 369 g/mol. The van der Waals surface area contributed by atoms with Crippen LogP contribution < -0.4 is 10.1 Å². The van der Waals surface area contributed by atoms with Gasteiger partial charge in [0.2, 0.25) is 0 Å². The maximum atomic E-state index is 12.1. The van der Waals surface area contributed by atoms with Crippen LogP contribution in [0.5, 0.6) is 11.5 Å². The summed E-state index contributed by atoms with van der Waals surface area (Å²) in [5.41, 5.74) is 0.983. The Bertz CT molecular complexity index is 613. The van der Waals surface area contributed by atoms with Gasteiger partial charge in [-0.2, -0.15) is 0 Å². The molecule has 2 aromatic carbocycles. The van der Waals surface area contributed by atoms with Crippen molar-refractivity contribution in [2.75, 3.05) is 12.4 Å². The number of aromatic hydroxyl groups is 1. The molecule has 19 heavy (non-hydrogen) atoms. The number of benzene rings is 2. The molecule has 0 spiro atoms. The highest BCUT2D eigenvalue weighted by atomic mass is 127. The van der Waals surface area contributed by atoms with Crippen molar-refractivity contribution in [2.45, 2.75) is 0 Å². The fraction of sp³-hybridized carbons (Fsp3) is 0.0714. The van der Waals surface area contributed by atoms with Gasteiger partial charge in [-0.1, -0.05) is 12.1 Å². The van der Waals surface area contributed by atoms with Crippen LogP contribution in [0.15, 0.2) is 42.5 Å². The maximum absolute atomic E-state index is 12.1. The number of phenolic OH excluding ortho intramolecular Hbond substituents is 1. The van der Waals surface area contributed by atoms with Crippen molar-refractivity contribution < 1.29 is 14.6 Å². The molecule has 5 heteroatoms. The summed E-state index contributed by atoms with van der Waals surface area (Å²) in [6.07, 6.45) is 0. The third-order valence-electron chi connectivity index (χ3n) is 2.56. The van der Waals surface area contributed by atoms with Gasteiger partial charge in [-0.15, -0.1) is 0 Å². The molecule has 4 nitrogen and oxygen atoms in total. The third-order valence-corrected chi connectivity index (χ3v) is 3.48. The Morgan fingerprint density at radius 1 is 1.26 bits per heavy atom. The second-order valence-corrected chi connectivity index (χ2v) is 4.98. The SMILES string of the molecule is COc1ccccc1NC(=O)c1ccc(I)c(O)c1. The molecule has 0 aliphatic carbocycles. The van der Waals surface area contributed by atoms with E-state index < -0.39 is 0 Å². The van der Waals surface area contributed by atoms with Crippen LogP contribution in [0.3, 0.4) is 0 Å². The summed E-state index contributed by atoms with van der Waals surface area (Å²) in [5, 5.41) is 12.4. The standard InChI is InChI=1S/C14H12INO3/c1-19-13-5-3-2-4-11(13)16-14(18)9-6-7-10(15)12(17)8-9/h2-8,17H,1H3,(H,16,18). The van der Waals surface area contributed by atoms with Gasteiger partial charge in [0.15, 0.2) is 0 Å². The number of nitrogens with one attached hydrogen (secondary N) is 1.